The predicted octanol–water partition coefficient (Wildman–Crippen LogP) is 1.54. The maximum Gasteiger partial charge on any atom is 0.160 e. The van der Waals surface area contributed by atoms with Gasteiger partial charge in [0.25, 0.3) is 0 Å². The molecule has 27 heavy (non-hydrogen) atoms. The van der Waals surface area contributed by atoms with Crippen LogP contribution < -0.4 is 10.2 Å². The van der Waals surface area contributed by atoms with Gasteiger partial charge >= 0.3 is 0 Å². The fraction of sp³-hybridized carbons (Fsp3) is 0.700. The van der Waals surface area contributed by atoms with Crippen LogP contribution in [0.1, 0.15) is 12.8 Å². The molecule has 0 amide bonds. The average Bonchev–Trinajstić information content (AvgIpc) is 3.13. The van der Waals surface area contributed by atoms with Crippen LogP contribution in [0.3, 0.4) is 0 Å². The Labute approximate surface area is 160 Å². The van der Waals surface area contributed by atoms with Gasteiger partial charge in [0.15, 0.2) is 11.6 Å². The highest BCUT2D eigenvalue weighted by molar-refractivity contribution is 5.47. The second-order valence-corrected chi connectivity index (χ2v) is 8.08. The SMILES string of the molecule is CN1CCN([C@H]2COC[C@@H]2NC2CCN(c3ccc(F)c(F)c3)CC2)CC1. The Hall–Kier alpha value is -1.28. The van der Waals surface area contributed by atoms with Crippen LogP contribution in [0, 0.1) is 11.6 Å². The quantitative estimate of drug-likeness (QED) is 0.856. The molecule has 4 rings (SSSR count). The molecule has 150 valence electrons. The van der Waals surface area contributed by atoms with E-state index in [1.54, 1.807) is 6.07 Å². The standard InChI is InChI=1S/C20H30F2N4O/c1-24-8-10-26(11-9-24)20-14-27-13-19(20)23-15-4-6-25(7-5-15)16-2-3-17(21)18(22)12-16/h2-3,12,15,19-20,23H,4-11,13-14H2,1H3/t19-,20-/m0/s1. The molecule has 3 fully saturated rings. The van der Waals surface area contributed by atoms with Crippen LogP contribution in [0.5, 0.6) is 0 Å². The number of rotatable bonds is 4. The van der Waals surface area contributed by atoms with Gasteiger partial charge in [-0.05, 0) is 32.0 Å². The summed E-state index contributed by atoms with van der Waals surface area (Å²) in [5.41, 5.74) is 0.770. The van der Waals surface area contributed by atoms with Crippen molar-refractivity contribution in [3.05, 3.63) is 29.8 Å². The Balaban J connectivity index is 1.29. The molecule has 0 spiro atoms. The number of likely N-dealkylation sites (N-methyl/N-ethyl adjacent to an activating group) is 1. The summed E-state index contributed by atoms with van der Waals surface area (Å²) < 4.78 is 32.4. The van der Waals surface area contributed by atoms with Crippen LogP contribution >= 0.6 is 0 Å². The number of anilines is 1. The van der Waals surface area contributed by atoms with Gasteiger partial charge < -0.3 is 19.9 Å². The third-order valence-corrected chi connectivity index (χ3v) is 6.27. The van der Waals surface area contributed by atoms with Crippen LogP contribution in [0.25, 0.3) is 0 Å². The zero-order valence-electron chi connectivity index (χ0n) is 16.0. The number of nitrogens with one attached hydrogen (secondary N) is 1. The molecular formula is C20H30F2N4O. The zero-order valence-corrected chi connectivity index (χ0v) is 16.0. The molecule has 0 aromatic heterocycles. The lowest BCUT2D eigenvalue weighted by atomic mass is 10.0. The fourth-order valence-corrected chi connectivity index (χ4v) is 4.50. The molecule has 0 unspecified atom stereocenters. The molecule has 3 aliphatic rings. The van der Waals surface area contributed by atoms with E-state index in [2.05, 4.69) is 27.1 Å². The highest BCUT2D eigenvalue weighted by Crippen LogP contribution is 2.23. The maximum absolute atomic E-state index is 13.5. The molecular weight excluding hydrogens is 350 g/mol. The third-order valence-electron chi connectivity index (χ3n) is 6.27. The normalized spacial score (nSPS) is 28.8. The van der Waals surface area contributed by atoms with E-state index in [1.165, 1.54) is 12.1 Å². The number of hydrogen-bond donors (Lipinski definition) is 1. The lowest BCUT2D eigenvalue weighted by Gasteiger charge is -2.40. The van der Waals surface area contributed by atoms with Crippen LogP contribution in [0.2, 0.25) is 0 Å². The van der Waals surface area contributed by atoms with E-state index in [-0.39, 0.29) is 0 Å². The van der Waals surface area contributed by atoms with Crippen molar-refractivity contribution in [2.75, 3.05) is 64.4 Å². The van der Waals surface area contributed by atoms with Crippen molar-refractivity contribution in [1.29, 1.82) is 0 Å². The number of halogens is 2. The van der Waals surface area contributed by atoms with Crippen LogP contribution in [-0.4, -0.2) is 87.5 Å². The van der Waals surface area contributed by atoms with Crippen molar-refractivity contribution in [1.82, 2.24) is 15.1 Å². The van der Waals surface area contributed by atoms with Crippen LogP contribution in [0.4, 0.5) is 14.5 Å². The molecule has 5 nitrogen and oxygen atoms in total. The van der Waals surface area contributed by atoms with E-state index in [0.717, 1.165) is 71.0 Å². The smallest absolute Gasteiger partial charge is 0.160 e. The second-order valence-electron chi connectivity index (χ2n) is 8.08. The molecule has 1 aromatic carbocycles. The van der Waals surface area contributed by atoms with Crippen molar-refractivity contribution in [3.8, 4) is 0 Å². The van der Waals surface area contributed by atoms with Crippen molar-refractivity contribution in [2.45, 2.75) is 31.0 Å². The minimum atomic E-state index is -0.786. The molecule has 1 aromatic rings. The number of nitrogens with zero attached hydrogens (tertiary/aromatic N) is 3. The first-order chi connectivity index (χ1) is 13.1. The molecule has 0 bridgehead atoms. The largest absolute Gasteiger partial charge is 0.378 e. The Morgan fingerprint density at radius 1 is 0.963 bits per heavy atom. The predicted molar refractivity (Wildman–Crippen MR) is 102 cm³/mol. The minimum absolute atomic E-state index is 0.383. The number of piperidine rings is 1. The van der Waals surface area contributed by atoms with E-state index >= 15 is 0 Å². The van der Waals surface area contributed by atoms with Gasteiger partial charge in [-0.15, -0.1) is 0 Å². The van der Waals surface area contributed by atoms with Gasteiger partial charge in [0.2, 0.25) is 0 Å². The first-order valence-corrected chi connectivity index (χ1v) is 10.1. The van der Waals surface area contributed by atoms with Gasteiger partial charge in [-0.2, -0.15) is 0 Å². The van der Waals surface area contributed by atoms with E-state index < -0.39 is 11.6 Å². The summed E-state index contributed by atoms with van der Waals surface area (Å²) in [6.07, 6.45) is 2.01. The summed E-state index contributed by atoms with van der Waals surface area (Å²) in [6, 6.07) is 5.48. The van der Waals surface area contributed by atoms with Gasteiger partial charge in [0, 0.05) is 63.1 Å². The summed E-state index contributed by atoms with van der Waals surface area (Å²) in [5, 5.41) is 3.83. The maximum atomic E-state index is 13.5. The lowest BCUT2D eigenvalue weighted by molar-refractivity contribution is 0.0900. The van der Waals surface area contributed by atoms with E-state index in [0.29, 0.717) is 18.1 Å². The molecule has 3 aliphatic heterocycles. The van der Waals surface area contributed by atoms with Crippen molar-refractivity contribution >= 4 is 5.69 Å². The Bertz CT molecular complexity index is 630. The molecule has 0 radical (unpaired) electrons. The molecule has 7 heteroatoms. The molecule has 3 saturated heterocycles. The van der Waals surface area contributed by atoms with Gasteiger partial charge in [0.05, 0.1) is 19.3 Å². The van der Waals surface area contributed by atoms with Crippen molar-refractivity contribution in [3.63, 3.8) is 0 Å². The van der Waals surface area contributed by atoms with Crippen LogP contribution in [-0.2, 0) is 4.74 Å². The summed E-state index contributed by atoms with van der Waals surface area (Å²) in [7, 11) is 2.18. The average molecular weight is 380 g/mol. The fourth-order valence-electron chi connectivity index (χ4n) is 4.50. The third kappa shape index (κ3) is 4.42. The summed E-state index contributed by atoms with van der Waals surface area (Å²) in [5.74, 6) is -1.56. The highest BCUT2D eigenvalue weighted by Gasteiger charge is 2.36. The number of ether oxygens (including phenoxy) is 1. The molecule has 0 saturated carbocycles. The topological polar surface area (TPSA) is 31.0 Å². The van der Waals surface area contributed by atoms with E-state index in [1.807, 2.05) is 0 Å². The van der Waals surface area contributed by atoms with Crippen molar-refractivity contribution in [2.24, 2.45) is 0 Å². The summed E-state index contributed by atoms with van der Waals surface area (Å²) in [6.45, 7) is 7.76. The minimum Gasteiger partial charge on any atom is -0.378 e. The molecule has 0 aliphatic carbocycles. The molecule has 3 heterocycles. The Morgan fingerprint density at radius 3 is 2.41 bits per heavy atom. The summed E-state index contributed by atoms with van der Waals surface area (Å²) in [4.78, 5) is 7.09. The van der Waals surface area contributed by atoms with Crippen molar-refractivity contribution < 1.29 is 13.5 Å². The lowest BCUT2D eigenvalue weighted by Crippen LogP contribution is -2.58. The highest BCUT2D eigenvalue weighted by atomic mass is 19.2. The number of hydrogen-bond acceptors (Lipinski definition) is 5. The first-order valence-electron chi connectivity index (χ1n) is 10.1. The van der Waals surface area contributed by atoms with E-state index in [4.69, 9.17) is 4.74 Å². The van der Waals surface area contributed by atoms with E-state index in [9.17, 15) is 8.78 Å². The second kappa shape index (κ2) is 8.39. The molecule has 2 atom stereocenters. The number of piperazine rings is 1. The van der Waals surface area contributed by atoms with Gasteiger partial charge in [-0.3, -0.25) is 4.90 Å². The Kier molecular flexibility index (Phi) is 5.92. The Morgan fingerprint density at radius 2 is 1.70 bits per heavy atom. The monoisotopic (exact) mass is 380 g/mol. The first kappa shape index (κ1) is 19.1. The zero-order chi connectivity index (χ0) is 18.8. The van der Waals surface area contributed by atoms with Gasteiger partial charge in [-0.25, -0.2) is 8.78 Å². The number of benzene rings is 1. The summed E-state index contributed by atoms with van der Waals surface area (Å²) >= 11 is 0. The van der Waals surface area contributed by atoms with Crippen LogP contribution in [0.15, 0.2) is 18.2 Å². The van der Waals surface area contributed by atoms with Gasteiger partial charge in [-0.1, -0.05) is 0 Å². The van der Waals surface area contributed by atoms with Gasteiger partial charge in [0.1, 0.15) is 0 Å². The molecule has 1 N–H and O–H groups in total.